The summed E-state index contributed by atoms with van der Waals surface area (Å²) in [7, 11) is 0. The van der Waals surface area contributed by atoms with Crippen LogP contribution in [-0.4, -0.2) is 65.1 Å². The lowest BCUT2D eigenvalue weighted by Crippen LogP contribution is -2.53. The van der Waals surface area contributed by atoms with Gasteiger partial charge in [0.15, 0.2) is 5.78 Å². The van der Waals surface area contributed by atoms with Gasteiger partial charge in [-0.05, 0) is 42.2 Å². The number of urea groups is 1. The molecule has 3 fully saturated rings. The van der Waals surface area contributed by atoms with Crippen molar-refractivity contribution in [2.75, 3.05) is 32.8 Å². The number of nitrogens with zero attached hydrogens (tertiary/aromatic N) is 3. The van der Waals surface area contributed by atoms with E-state index in [1.807, 2.05) is 21.9 Å². The number of carbonyl (C=O) groups is 2. The van der Waals surface area contributed by atoms with Gasteiger partial charge in [-0.15, -0.1) is 0 Å². The third-order valence-electron chi connectivity index (χ3n) is 7.85. The molecule has 182 valence electrons. The number of halogens is 1. The zero-order chi connectivity index (χ0) is 23.9. The fraction of sp³-hybridized carbons (Fsp3) is 0.429. The molecule has 2 aromatic carbocycles. The first-order valence-corrected chi connectivity index (χ1v) is 12.9. The highest BCUT2D eigenvalue weighted by Crippen LogP contribution is 2.36. The van der Waals surface area contributed by atoms with Crippen LogP contribution >= 0.6 is 11.6 Å². The van der Waals surface area contributed by atoms with Gasteiger partial charge in [-0.25, -0.2) is 4.79 Å². The molecule has 0 bridgehead atoms. The van der Waals surface area contributed by atoms with Gasteiger partial charge in [0.1, 0.15) is 6.61 Å². The van der Waals surface area contributed by atoms with Crippen LogP contribution in [0.2, 0.25) is 5.02 Å². The Morgan fingerprint density at radius 2 is 1.83 bits per heavy atom. The van der Waals surface area contributed by atoms with E-state index in [4.69, 9.17) is 16.3 Å². The van der Waals surface area contributed by atoms with Crippen LogP contribution in [0.25, 0.3) is 10.9 Å². The highest BCUT2D eigenvalue weighted by molar-refractivity contribution is 6.31. The number of hydrogen-bond donors (Lipinski definition) is 0. The summed E-state index contributed by atoms with van der Waals surface area (Å²) in [6.45, 7) is 3.78. The summed E-state index contributed by atoms with van der Waals surface area (Å²) in [5, 5.41) is 1.90. The molecule has 6 rings (SSSR count). The summed E-state index contributed by atoms with van der Waals surface area (Å²) in [6.07, 6.45) is 4.64. The maximum atomic E-state index is 13.4. The van der Waals surface area contributed by atoms with Gasteiger partial charge in [0, 0.05) is 73.1 Å². The molecule has 0 N–H and O–H groups in total. The second-order valence-corrected chi connectivity index (χ2v) is 10.6. The summed E-state index contributed by atoms with van der Waals surface area (Å²) in [4.78, 5) is 29.2. The third kappa shape index (κ3) is 4.45. The molecular formula is C28H30ClN3O3. The van der Waals surface area contributed by atoms with Crippen molar-refractivity contribution in [3.8, 4) is 0 Å². The first kappa shape index (κ1) is 22.6. The van der Waals surface area contributed by atoms with Crippen LogP contribution in [0.3, 0.4) is 0 Å². The van der Waals surface area contributed by atoms with E-state index in [2.05, 4.69) is 47.2 Å². The Labute approximate surface area is 210 Å². The second kappa shape index (κ2) is 9.32. The van der Waals surface area contributed by atoms with Crippen molar-refractivity contribution in [3.63, 3.8) is 0 Å². The molecule has 0 spiro atoms. The highest BCUT2D eigenvalue weighted by Gasteiger charge is 2.39. The van der Waals surface area contributed by atoms with E-state index in [0.29, 0.717) is 26.1 Å². The van der Waals surface area contributed by atoms with Crippen LogP contribution in [0.1, 0.15) is 36.3 Å². The monoisotopic (exact) mass is 491 g/mol. The molecule has 1 unspecified atom stereocenters. The van der Waals surface area contributed by atoms with Crippen LogP contribution in [0.15, 0.2) is 54.7 Å². The number of aromatic nitrogens is 1. The van der Waals surface area contributed by atoms with E-state index in [1.54, 1.807) is 0 Å². The molecule has 1 aromatic heterocycles. The number of rotatable bonds is 3. The van der Waals surface area contributed by atoms with Crippen molar-refractivity contribution in [3.05, 3.63) is 70.9 Å². The number of ketones is 1. The normalized spacial score (nSPS) is 24.7. The lowest BCUT2D eigenvalue weighted by molar-refractivity contribution is -0.139. The zero-order valence-corrected chi connectivity index (χ0v) is 20.5. The molecule has 0 radical (unpaired) electrons. The van der Waals surface area contributed by atoms with Gasteiger partial charge < -0.3 is 19.1 Å². The van der Waals surface area contributed by atoms with Crippen molar-refractivity contribution < 1.29 is 14.3 Å². The summed E-state index contributed by atoms with van der Waals surface area (Å²) in [5.41, 5.74) is 3.68. The minimum atomic E-state index is 0.0926. The maximum Gasteiger partial charge on any atom is 0.320 e. The van der Waals surface area contributed by atoms with Crippen molar-refractivity contribution in [2.45, 2.75) is 37.8 Å². The van der Waals surface area contributed by atoms with E-state index < -0.39 is 0 Å². The molecule has 3 aliphatic heterocycles. The molecule has 0 aliphatic carbocycles. The number of amides is 2. The first-order valence-electron chi connectivity index (χ1n) is 12.5. The van der Waals surface area contributed by atoms with Gasteiger partial charge >= 0.3 is 6.03 Å². The quantitative estimate of drug-likeness (QED) is 0.522. The molecule has 7 heteroatoms. The van der Waals surface area contributed by atoms with Gasteiger partial charge in [-0.3, -0.25) is 4.79 Å². The summed E-state index contributed by atoms with van der Waals surface area (Å²) in [5.74, 6) is 0.548. The minimum absolute atomic E-state index is 0.0926. The van der Waals surface area contributed by atoms with E-state index in [1.165, 1.54) is 22.0 Å². The number of piperidine rings is 1. The first-order chi connectivity index (χ1) is 17.0. The van der Waals surface area contributed by atoms with E-state index in [9.17, 15) is 9.59 Å². The van der Waals surface area contributed by atoms with Crippen LogP contribution < -0.4 is 0 Å². The number of ether oxygens (including phenoxy) is 1. The Bertz CT molecular complexity index is 1260. The predicted molar refractivity (Wildman–Crippen MR) is 136 cm³/mol. The van der Waals surface area contributed by atoms with E-state index in [-0.39, 0.29) is 36.4 Å². The summed E-state index contributed by atoms with van der Waals surface area (Å²) in [6, 6.07) is 16.7. The Balaban J connectivity index is 1.20. The standard InChI is InChI=1S/C28H30ClN3O3/c29-22-6-7-26-24(13-22)25(17-32(26)14-19-4-2-1-3-5-19)20-8-10-30(15-20)28(34)31-11-9-27-21(16-31)12-23(33)18-35-27/h1-7,13,17,20-21,27H,8-12,14-16,18H2/t20?,21-,27+/m1/s1. The molecule has 4 heterocycles. The topological polar surface area (TPSA) is 54.8 Å². The van der Waals surface area contributed by atoms with Crippen LogP contribution in [0.5, 0.6) is 0 Å². The SMILES string of the molecule is O=C1CO[C@H]2CCN(C(=O)N3CCC(c4cn(Cc5ccccc5)c5ccc(Cl)cc45)C3)C[C@H]2C1. The average Bonchev–Trinajstić information content (AvgIpc) is 3.49. The smallest absolute Gasteiger partial charge is 0.320 e. The summed E-state index contributed by atoms with van der Waals surface area (Å²) < 4.78 is 8.00. The molecule has 3 saturated heterocycles. The number of likely N-dealkylation sites (tertiary alicyclic amines) is 2. The number of benzene rings is 2. The number of hydrogen-bond acceptors (Lipinski definition) is 3. The van der Waals surface area contributed by atoms with E-state index in [0.717, 1.165) is 31.0 Å². The third-order valence-corrected chi connectivity index (χ3v) is 8.09. The highest BCUT2D eigenvalue weighted by atomic mass is 35.5. The molecule has 2 amide bonds. The van der Waals surface area contributed by atoms with Crippen molar-refractivity contribution in [1.29, 1.82) is 0 Å². The van der Waals surface area contributed by atoms with Gasteiger partial charge in [0.2, 0.25) is 0 Å². The lowest BCUT2D eigenvalue weighted by Gasteiger charge is -2.41. The van der Waals surface area contributed by atoms with Gasteiger partial charge in [0.25, 0.3) is 0 Å². The molecule has 0 saturated carbocycles. The average molecular weight is 492 g/mol. The van der Waals surface area contributed by atoms with Crippen molar-refractivity contribution in [2.24, 2.45) is 5.92 Å². The van der Waals surface area contributed by atoms with Crippen molar-refractivity contribution in [1.82, 2.24) is 14.4 Å². The Morgan fingerprint density at radius 3 is 2.69 bits per heavy atom. The second-order valence-electron chi connectivity index (χ2n) is 10.2. The van der Waals surface area contributed by atoms with Crippen molar-refractivity contribution >= 4 is 34.3 Å². The molecule has 6 nitrogen and oxygen atoms in total. The minimum Gasteiger partial charge on any atom is -0.370 e. The molecule has 3 atom stereocenters. The maximum absolute atomic E-state index is 13.4. The van der Waals surface area contributed by atoms with Crippen LogP contribution in [0, 0.1) is 5.92 Å². The Hall–Kier alpha value is -2.83. The number of carbonyl (C=O) groups excluding carboxylic acids is 2. The molecule has 35 heavy (non-hydrogen) atoms. The van der Waals surface area contributed by atoms with Crippen LogP contribution in [-0.2, 0) is 16.1 Å². The predicted octanol–water partition coefficient (Wildman–Crippen LogP) is 4.93. The zero-order valence-electron chi connectivity index (χ0n) is 19.7. The summed E-state index contributed by atoms with van der Waals surface area (Å²) >= 11 is 6.40. The fourth-order valence-electron chi connectivity index (χ4n) is 6.07. The molecule has 3 aliphatic rings. The van der Waals surface area contributed by atoms with Gasteiger partial charge in [0.05, 0.1) is 6.10 Å². The molecule has 3 aromatic rings. The molecular weight excluding hydrogens is 462 g/mol. The fourth-order valence-corrected chi connectivity index (χ4v) is 6.24. The Kier molecular flexibility index (Phi) is 6.02. The van der Waals surface area contributed by atoms with Gasteiger partial charge in [-0.1, -0.05) is 41.9 Å². The Morgan fingerprint density at radius 1 is 1.03 bits per heavy atom. The number of Topliss-reactive ketones (excluding diaryl/α,β-unsaturated/α-hetero) is 1. The van der Waals surface area contributed by atoms with Gasteiger partial charge in [-0.2, -0.15) is 0 Å². The van der Waals surface area contributed by atoms with Crippen LogP contribution in [0.4, 0.5) is 4.79 Å². The van der Waals surface area contributed by atoms with E-state index >= 15 is 0 Å². The number of fused-ring (bicyclic) bond motifs is 2. The largest absolute Gasteiger partial charge is 0.370 e. The lowest BCUT2D eigenvalue weighted by atomic mass is 9.88.